The van der Waals surface area contributed by atoms with E-state index in [1.807, 2.05) is 83.0 Å². The molecule has 1 aromatic carbocycles. The normalized spacial score (nSPS) is 9.44. The van der Waals surface area contributed by atoms with Gasteiger partial charge in [-0.2, -0.15) is 0 Å². The summed E-state index contributed by atoms with van der Waals surface area (Å²) in [5.41, 5.74) is 1.54. The molecule has 0 spiro atoms. The molecule has 1 aromatic heterocycles. The SMILES string of the molecule is CC.CC.CNC(C)(C)[NH+](C)C.C[NH+](C)C.C[NH+](C)c1ccccc1.C[n+]1ccccc1. The number of pyridine rings is 1. The largest absolute Gasteiger partial charge is 0.342 e. The van der Waals surface area contributed by atoms with Crippen molar-refractivity contribution in [3.8, 4) is 0 Å². The molecule has 188 valence electrons. The first-order valence-corrected chi connectivity index (χ1v) is 12.0. The third-order valence-electron chi connectivity index (χ3n) is 4.09. The van der Waals surface area contributed by atoms with E-state index in [4.69, 9.17) is 0 Å². The Hall–Kier alpha value is -1.79. The summed E-state index contributed by atoms with van der Waals surface area (Å²) in [5.74, 6) is 0. The smallest absolute Gasteiger partial charge is 0.168 e. The van der Waals surface area contributed by atoms with Crippen LogP contribution in [-0.2, 0) is 7.05 Å². The molecule has 0 aliphatic heterocycles. The van der Waals surface area contributed by atoms with E-state index in [2.05, 4.69) is 92.8 Å². The Morgan fingerprint density at radius 2 is 1.03 bits per heavy atom. The molecular weight excluding hydrogens is 394 g/mol. The fourth-order valence-corrected chi connectivity index (χ4v) is 1.51. The molecule has 0 unspecified atom stereocenters. The maximum absolute atomic E-state index is 3.20. The van der Waals surface area contributed by atoms with Gasteiger partial charge in [0.05, 0.1) is 49.3 Å². The minimum Gasteiger partial charge on any atom is -0.342 e. The molecule has 32 heavy (non-hydrogen) atoms. The number of nitrogens with zero attached hydrogens (tertiary/aromatic N) is 1. The van der Waals surface area contributed by atoms with Crippen LogP contribution in [0.1, 0.15) is 41.5 Å². The Bertz CT molecular complexity index is 564. The number of quaternary nitrogens is 3. The molecule has 0 saturated heterocycles. The van der Waals surface area contributed by atoms with E-state index in [9.17, 15) is 0 Å². The van der Waals surface area contributed by atoms with Gasteiger partial charge in [-0.25, -0.2) is 4.57 Å². The lowest BCUT2D eigenvalue weighted by Crippen LogP contribution is -3.16. The first kappa shape index (κ1) is 37.5. The van der Waals surface area contributed by atoms with Gasteiger partial charge in [-0.05, 0) is 19.2 Å². The number of hydrogen-bond acceptors (Lipinski definition) is 1. The van der Waals surface area contributed by atoms with Crippen molar-refractivity contribution in [3.05, 3.63) is 60.9 Å². The van der Waals surface area contributed by atoms with Crippen molar-refractivity contribution in [3.63, 3.8) is 0 Å². The molecule has 0 fully saturated rings. The van der Waals surface area contributed by atoms with Crippen LogP contribution in [0.4, 0.5) is 5.69 Å². The van der Waals surface area contributed by atoms with E-state index in [1.54, 1.807) is 0 Å². The molecule has 4 N–H and O–H groups in total. The van der Waals surface area contributed by atoms with Gasteiger partial charge < -0.3 is 14.7 Å². The molecule has 0 radical (unpaired) electrons. The van der Waals surface area contributed by atoms with E-state index >= 15 is 0 Å². The topological polar surface area (TPSA) is 29.2 Å². The lowest BCUT2D eigenvalue weighted by molar-refractivity contribution is -0.914. The van der Waals surface area contributed by atoms with Gasteiger partial charge in [0, 0.05) is 26.0 Å². The predicted octanol–water partition coefficient (Wildman–Crippen LogP) is 0.873. The van der Waals surface area contributed by atoms with Crippen LogP contribution in [0.2, 0.25) is 0 Å². The van der Waals surface area contributed by atoms with Crippen molar-refractivity contribution in [1.82, 2.24) is 5.32 Å². The molecule has 0 amide bonds. The van der Waals surface area contributed by atoms with Crippen molar-refractivity contribution >= 4 is 5.69 Å². The molecule has 5 nitrogen and oxygen atoms in total. The third-order valence-corrected chi connectivity index (χ3v) is 4.09. The van der Waals surface area contributed by atoms with Gasteiger partial charge in [-0.1, -0.05) is 52.0 Å². The van der Waals surface area contributed by atoms with Crippen molar-refractivity contribution < 1.29 is 19.3 Å². The standard InChI is InChI=1S/C8H11N.C6H16N2.C6H8N.C3H9N.2C2H6/c1-9(2)8-6-4-3-5-7-8;1-6(2,7-3)8(4)5;1-7-5-3-2-4-6-7;1-4(2)3;2*1-2/h3-7H,1-2H3;7H,1-5H3;2-6H,1H3;1-3H3;2*1-2H3/q;;+1;;;/p+3. The Labute approximate surface area is 202 Å². The maximum atomic E-state index is 3.20. The number of aryl methyl sites for hydroxylation is 1. The molecule has 1 heterocycles. The Kier molecular flexibility index (Phi) is 29.9. The molecular formula is C27H59N5+4. The van der Waals surface area contributed by atoms with Crippen molar-refractivity contribution in [2.75, 3.05) is 56.4 Å². The fourth-order valence-electron chi connectivity index (χ4n) is 1.51. The molecule has 2 aromatic rings. The highest BCUT2D eigenvalue weighted by Gasteiger charge is 2.20. The summed E-state index contributed by atoms with van der Waals surface area (Å²) in [6.07, 6.45) is 4.00. The van der Waals surface area contributed by atoms with Crippen LogP contribution in [-0.4, -0.2) is 62.0 Å². The maximum Gasteiger partial charge on any atom is 0.168 e. The van der Waals surface area contributed by atoms with Crippen LogP contribution in [0.25, 0.3) is 0 Å². The number of benzene rings is 1. The van der Waals surface area contributed by atoms with Gasteiger partial charge in [-0.3, -0.25) is 5.32 Å². The van der Waals surface area contributed by atoms with Crippen LogP contribution in [0.3, 0.4) is 0 Å². The van der Waals surface area contributed by atoms with Gasteiger partial charge in [0.1, 0.15) is 18.4 Å². The van der Waals surface area contributed by atoms with Gasteiger partial charge in [-0.15, -0.1) is 0 Å². The zero-order valence-corrected chi connectivity index (χ0v) is 24.2. The summed E-state index contributed by atoms with van der Waals surface area (Å²) in [7, 11) is 18.7. The van der Waals surface area contributed by atoms with Crippen LogP contribution < -0.4 is 24.6 Å². The van der Waals surface area contributed by atoms with Crippen LogP contribution in [0.15, 0.2) is 60.9 Å². The summed E-state index contributed by atoms with van der Waals surface area (Å²) < 4.78 is 2.00. The lowest BCUT2D eigenvalue weighted by Gasteiger charge is -2.28. The van der Waals surface area contributed by atoms with Gasteiger partial charge >= 0.3 is 0 Å². The number of rotatable bonds is 3. The summed E-state index contributed by atoms with van der Waals surface area (Å²) in [4.78, 5) is 4.20. The van der Waals surface area contributed by atoms with E-state index in [-0.39, 0.29) is 5.66 Å². The second-order valence-electron chi connectivity index (χ2n) is 8.28. The van der Waals surface area contributed by atoms with E-state index in [1.165, 1.54) is 20.4 Å². The molecule has 0 bridgehead atoms. The second-order valence-corrected chi connectivity index (χ2v) is 8.28. The quantitative estimate of drug-likeness (QED) is 0.403. The highest BCUT2D eigenvalue weighted by Crippen LogP contribution is 1.96. The summed E-state index contributed by atoms with van der Waals surface area (Å²) in [6, 6.07) is 16.4. The fraction of sp³-hybridized carbons (Fsp3) is 0.593. The number of hydrogen-bond donors (Lipinski definition) is 4. The average molecular weight is 454 g/mol. The molecule has 0 saturated carbocycles. The summed E-state index contributed by atoms with van der Waals surface area (Å²) >= 11 is 0. The van der Waals surface area contributed by atoms with E-state index < -0.39 is 0 Å². The van der Waals surface area contributed by atoms with Gasteiger partial charge in [0.2, 0.25) is 0 Å². The minimum atomic E-state index is 0.208. The Balaban J connectivity index is -0.000000159. The zero-order valence-electron chi connectivity index (χ0n) is 24.2. The first-order chi connectivity index (χ1) is 14.9. The van der Waals surface area contributed by atoms with Gasteiger partial charge in [0.25, 0.3) is 0 Å². The minimum absolute atomic E-state index is 0.208. The van der Waals surface area contributed by atoms with E-state index in [0.29, 0.717) is 0 Å². The second kappa shape index (κ2) is 25.5. The van der Waals surface area contributed by atoms with Crippen molar-refractivity contribution in [1.29, 1.82) is 0 Å². The van der Waals surface area contributed by atoms with Crippen molar-refractivity contribution in [2.24, 2.45) is 7.05 Å². The monoisotopic (exact) mass is 453 g/mol. The lowest BCUT2D eigenvalue weighted by atomic mass is 10.2. The summed E-state index contributed by atoms with van der Waals surface area (Å²) in [6.45, 7) is 12.3. The molecule has 0 atom stereocenters. The molecule has 0 aliphatic rings. The van der Waals surface area contributed by atoms with E-state index in [0.717, 1.165) is 0 Å². The highest BCUT2D eigenvalue weighted by atomic mass is 15.3. The van der Waals surface area contributed by atoms with Crippen molar-refractivity contribution in [2.45, 2.75) is 47.2 Å². The zero-order chi connectivity index (χ0) is 26.2. The highest BCUT2D eigenvalue weighted by molar-refractivity contribution is 5.27. The van der Waals surface area contributed by atoms with Gasteiger partial charge in [0.15, 0.2) is 12.4 Å². The summed E-state index contributed by atoms with van der Waals surface area (Å²) in [5, 5.41) is 3.20. The molecule has 2 rings (SSSR count). The van der Waals surface area contributed by atoms with Crippen LogP contribution >= 0.6 is 0 Å². The molecule has 5 heteroatoms. The van der Waals surface area contributed by atoms with Crippen LogP contribution in [0.5, 0.6) is 0 Å². The van der Waals surface area contributed by atoms with Crippen LogP contribution in [0, 0.1) is 0 Å². The third kappa shape index (κ3) is 28.2. The Morgan fingerprint density at radius 3 is 1.19 bits per heavy atom. The average Bonchev–Trinajstić information content (AvgIpc) is 2.78. The Morgan fingerprint density at radius 1 is 0.688 bits per heavy atom. The number of para-hydroxylation sites is 1. The number of aromatic nitrogens is 1. The predicted molar refractivity (Wildman–Crippen MR) is 144 cm³/mol. The first-order valence-electron chi connectivity index (χ1n) is 12.0. The number of nitrogens with one attached hydrogen (secondary N) is 4. The molecule has 0 aliphatic carbocycles.